The average molecular weight is 595 g/mol. The molecule has 0 aliphatic rings. The summed E-state index contributed by atoms with van der Waals surface area (Å²) in [6.45, 7) is 0. The van der Waals surface area contributed by atoms with Crippen molar-refractivity contribution in [1.29, 1.82) is 0 Å². The Bertz CT molecular complexity index is 1630. The first-order valence-corrected chi connectivity index (χ1v) is 11.6. The van der Waals surface area contributed by atoms with E-state index in [1.54, 1.807) is 54.9 Å². The van der Waals surface area contributed by atoms with Crippen molar-refractivity contribution in [2.75, 3.05) is 0 Å². The van der Waals surface area contributed by atoms with Gasteiger partial charge in [0.05, 0.1) is 13.4 Å². The van der Waals surface area contributed by atoms with Gasteiger partial charge in [-0.1, -0.05) is 48.5 Å². The minimum absolute atomic E-state index is 0.0520. The fourth-order valence-corrected chi connectivity index (χ4v) is 3.87. The molecule has 0 radical (unpaired) electrons. The van der Waals surface area contributed by atoms with Gasteiger partial charge in [0.1, 0.15) is 5.69 Å². The first-order valence-electron chi connectivity index (χ1n) is 10.5. The lowest BCUT2D eigenvalue weighted by Crippen LogP contribution is -2.28. The first kappa shape index (κ1) is 24.5. The smallest absolute Gasteiger partial charge is 0.258 e. The maximum absolute atomic E-state index is 10.7. The zero-order chi connectivity index (χ0) is 25.5. The van der Waals surface area contributed by atoms with Crippen molar-refractivity contribution in [3.63, 3.8) is 0 Å². The molecule has 3 aromatic heterocycles. The molecular weight excluding hydrogens is 577 g/mol. The van der Waals surface area contributed by atoms with Gasteiger partial charge >= 0.3 is 0 Å². The highest BCUT2D eigenvalue weighted by Crippen LogP contribution is 2.21. The molecule has 0 atom stereocenters. The van der Waals surface area contributed by atoms with Crippen LogP contribution in [-0.2, 0) is 0 Å². The summed E-state index contributed by atoms with van der Waals surface area (Å²) in [4.78, 5) is 20.1. The minimum Gasteiger partial charge on any atom is -0.258 e. The third-order valence-electron chi connectivity index (χ3n) is 4.88. The van der Waals surface area contributed by atoms with E-state index < -0.39 is 4.92 Å². The summed E-state index contributed by atoms with van der Waals surface area (Å²) in [6.07, 6.45) is 7.17. The van der Waals surface area contributed by atoms with E-state index in [1.807, 2.05) is 68.4 Å². The zero-order valence-electron chi connectivity index (χ0n) is 18.5. The van der Waals surface area contributed by atoms with Gasteiger partial charge in [-0.05, 0) is 47.0 Å². The molecule has 0 saturated carbocycles. The van der Waals surface area contributed by atoms with Crippen LogP contribution in [0.3, 0.4) is 0 Å². The van der Waals surface area contributed by atoms with Crippen molar-refractivity contribution >= 4 is 45.0 Å². The lowest BCUT2D eigenvalue weighted by Gasteiger charge is -2.01. The van der Waals surface area contributed by atoms with E-state index in [9.17, 15) is 20.2 Å². The number of fused-ring (bicyclic) bond motifs is 3. The summed E-state index contributed by atoms with van der Waals surface area (Å²) in [5.41, 5.74) is 2.86. The molecule has 180 valence electrons. The number of benzene rings is 3. The van der Waals surface area contributed by atoms with Crippen LogP contribution in [0.25, 0.3) is 16.7 Å². The van der Waals surface area contributed by atoms with Gasteiger partial charge in [-0.2, -0.15) is 10.2 Å². The van der Waals surface area contributed by atoms with Crippen LogP contribution in [0.5, 0.6) is 0 Å². The molecule has 6 aromatic rings. The van der Waals surface area contributed by atoms with Crippen LogP contribution >= 0.6 is 22.6 Å². The van der Waals surface area contributed by atoms with E-state index >= 15 is 0 Å². The van der Waals surface area contributed by atoms with Gasteiger partial charge in [0.15, 0.2) is 6.20 Å². The SMILES string of the molecule is O=[N+]([O-])c1ccccc1-n1cccn1.O=[N+]([O-])c1ccccc1I.c1ccc2c(c1)[n-][n+]1cccn21. The van der Waals surface area contributed by atoms with E-state index in [1.165, 1.54) is 16.8 Å². The summed E-state index contributed by atoms with van der Waals surface area (Å²) in [7, 11) is 0. The molecule has 12 heteroatoms. The van der Waals surface area contributed by atoms with Crippen molar-refractivity contribution < 1.29 is 14.5 Å². The number of rotatable bonds is 3. The number of nitro groups is 2. The second-order valence-electron chi connectivity index (χ2n) is 7.15. The molecular formula is C24H18IN7O4. The van der Waals surface area contributed by atoms with Gasteiger partial charge in [-0.3, -0.25) is 20.2 Å². The average Bonchev–Trinajstić information content (AvgIpc) is 3.63. The van der Waals surface area contributed by atoms with Crippen LogP contribution < -0.4 is 9.73 Å². The fourth-order valence-electron chi connectivity index (χ4n) is 3.29. The molecule has 0 spiro atoms. The molecule has 0 N–H and O–H groups in total. The van der Waals surface area contributed by atoms with E-state index in [4.69, 9.17) is 0 Å². The van der Waals surface area contributed by atoms with Crippen molar-refractivity contribution in [3.05, 3.63) is 134 Å². The lowest BCUT2D eigenvalue weighted by molar-refractivity contribution is -0.674. The number of hydrogen-bond acceptors (Lipinski definition) is 5. The predicted octanol–water partition coefficient (Wildman–Crippen LogP) is 4.62. The molecule has 6 rings (SSSR count). The zero-order valence-corrected chi connectivity index (χ0v) is 20.7. The molecule has 3 heterocycles. The third-order valence-corrected chi connectivity index (χ3v) is 5.80. The summed E-state index contributed by atoms with van der Waals surface area (Å²) in [5.74, 6) is 0. The Kier molecular flexibility index (Phi) is 7.65. The lowest BCUT2D eigenvalue weighted by atomic mass is 10.3. The summed E-state index contributed by atoms with van der Waals surface area (Å²) in [6, 6.07) is 24.9. The largest absolute Gasteiger partial charge is 0.294 e. The van der Waals surface area contributed by atoms with Gasteiger partial charge in [-0.15, -0.1) is 4.63 Å². The minimum atomic E-state index is -0.420. The second kappa shape index (κ2) is 11.2. The van der Waals surface area contributed by atoms with Crippen molar-refractivity contribution in [1.82, 2.24) is 19.4 Å². The molecule has 0 saturated heterocycles. The van der Waals surface area contributed by atoms with Crippen molar-refractivity contribution in [2.45, 2.75) is 0 Å². The van der Waals surface area contributed by atoms with E-state index in [2.05, 4.69) is 16.3 Å². The van der Waals surface area contributed by atoms with Crippen LogP contribution in [0.15, 0.2) is 110 Å². The maximum atomic E-state index is 10.7. The molecule has 0 bridgehead atoms. The molecule has 0 aliphatic heterocycles. The highest BCUT2D eigenvalue weighted by atomic mass is 127. The summed E-state index contributed by atoms with van der Waals surface area (Å²) in [5, 5.41) is 29.2. The number of nitrogens with zero attached hydrogens (tertiary/aromatic N) is 7. The Morgan fingerprint density at radius 2 is 1.47 bits per heavy atom. The Morgan fingerprint density at radius 1 is 0.806 bits per heavy atom. The van der Waals surface area contributed by atoms with Gasteiger partial charge in [0.2, 0.25) is 0 Å². The van der Waals surface area contributed by atoms with Gasteiger partial charge in [0, 0.05) is 41.6 Å². The third kappa shape index (κ3) is 5.55. The second-order valence-corrected chi connectivity index (χ2v) is 8.31. The molecule has 3 aromatic carbocycles. The molecule has 0 amide bonds. The quantitative estimate of drug-likeness (QED) is 0.127. The topological polar surface area (TPSA) is 127 Å². The van der Waals surface area contributed by atoms with E-state index in [0.29, 0.717) is 9.26 Å². The number of nitro benzene ring substituents is 2. The Morgan fingerprint density at radius 3 is 2.14 bits per heavy atom. The first-order chi connectivity index (χ1) is 17.5. The molecule has 0 fully saturated rings. The van der Waals surface area contributed by atoms with Crippen LogP contribution in [0.4, 0.5) is 11.4 Å². The van der Waals surface area contributed by atoms with E-state index in [0.717, 1.165) is 11.0 Å². The Balaban J connectivity index is 0.000000129. The molecule has 11 nitrogen and oxygen atoms in total. The maximum Gasteiger partial charge on any atom is 0.294 e. The number of hydrogen-bond donors (Lipinski definition) is 0. The number of para-hydroxylation sites is 4. The van der Waals surface area contributed by atoms with Crippen molar-refractivity contribution in [3.8, 4) is 5.69 Å². The standard InChI is InChI=1S/C9H7N3O2.C9H7N3.C6H4INO2/c13-12(14)9-5-2-1-4-8(9)11-7-3-6-10-11;1-2-5-9-8(4-1)10-12-7-3-6-11(9)12;7-5-3-1-2-4-6(5)8(9)10/h1-7H;1-7H;1-4H. The van der Waals surface area contributed by atoms with Crippen LogP contribution in [0.1, 0.15) is 0 Å². The number of aromatic nitrogens is 5. The highest BCUT2D eigenvalue weighted by molar-refractivity contribution is 14.1. The van der Waals surface area contributed by atoms with Crippen LogP contribution in [-0.4, -0.2) is 24.1 Å². The van der Waals surface area contributed by atoms with E-state index in [-0.39, 0.29) is 16.3 Å². The van der Waals surface area contributed by atoms with Crippen molar-refractivity contribution in [2.24, 2.45) is 0 Å². The highest BCUT2D eigenvalue weighted by Gasteiger charge is 2.13. The molecule has 0 aliphatic carbocycles. The normalized spacial score (nSPS) is 10.2. The molecule has 0 unspecified atom stereocenters. The Hall–Kier alpha value is -4.59. The molecule has 36 heavy (non-hydrogen) atoms. The van der Waals surface area contributed by atoms with Gasteiger partial charge < -0.3 is 0 Å². The van der Waals surface area contributed by atoms with Crippen LogP contribution in [0.2, 0.25) is 0 Å². The predicted molar refractivity (Wildman–Crippen MR) is 140 cm³/mol. The van der Waals surface area contributed by atoms with Crippen LogP contribution in [0, 0.1) is 23.8 Å². The number of halogens is 1. The monoisotopic (exact) mass is 595 g/mol. The van der Waals surface area contributed by atoms with Gasteiger partial charge in [-0.25, -0.2) is 9.20 Å². The summed E-state index contributed by atoms with van der Waals surface area (Å²) < 4.78 is 5.98. The summed E-state index contributed by atoms with van der Waals surface area (Å²) >= 11 is 1.93. The Labute approximate surface area is 217 Å². The van der Waals surface area contributed by atoms with Gasteiger partial charge in [0.25, 0.3) is 11.4 Å². The fraction of sp³-hybridized carbons (Fsp3) is 0.